The van der Waals surface area contributed by atoms with Crippen LogP contribution in [-0.2, 0) is 0 Å². The Kier molecular flexibility index (Phi) is 4.44. The molecule has 0 aromatic heterocycles. The molecule has 0 atom stereocenters. The van der Waals surface area contributed by atoms with Crippen molar-refractivity contribution in [3.05, 3.63) is 42.0 Å². The second-order valence-electron chi connectivity index (χ2n) is 7.57. The Bertz CT molecular complexity index is 402. The van der Waals surface area contributed by atoms with Crippen LogP contribution in [0.1, 0.15) is 23.2 Å². The van der Waals surface area contributed by atoms with Gasteiger partial charge in [0.1, 0.15) is 0 Å². The highest BCUT2D eigenvalue weighted by molar-refractivity contribution is 6.96. The highest BCUT2D eigenvalue weighted by atomic mass is 28.4. The average Bonchev–Trinajstić information content (AvgIpc) is 2.13. The summed E-state index contributed by atoms with van der Waals surface area (Å²) in [6.45, 7) is 21.1. The van der Waals surface area contributed by atoms with Crippen molar-refractivity contribution >= 4 is 21.7 Å². The fourth-order valence-corrected chi connectivity index (χ4v) is 16.0. The number of hydrogen-bond acceptors (Lipinski definition) is 0. The summed E-state index contributed by atoms with van der Waals surface area (Å²) in [6, 6.07) is 9.16. The molecule has 1 aromatic rings. The van der Waals surface area contributed by atoms with Crippen LogP contribution < -0.4 is 0 Å². The van der Waals surface area contributed by atoms with Crippen molar-refractivity contribution < 1.29 is 0 Å². The van der Waals surface area contributed by atoms with Crippen LogP contribution in [-0.4, -0.2) is 16.1 Å². The zero-order chi connectivity index (χ0) is 14.1. The minimum atomic E-state index is -1.17. The lowest BCUT2D eigenvalue weighted by atomic mass is 10.1. The van der Waals surface area contributed by atoms with Crippen LogP contribution in [0.25, 0.3) is 5.57 Å². The van der Waals surface area contributed by atoms with E-state index in [0.29, 0.717) is 0 Å². The van der Waals surface area contributed by atoms with Gasteiger partial charge >= 0.3 is 0 Å². The first kappa shape index (κ1) is 15.5. The highest BCUT2D eigenvalue weighted by Gasteiger charge is 2.38. The van der Waals surface area contributed by atoms with Crippen LogP contribution in [0.2, 0.25) is 39.3 Å². The Balaban J connectivity index is 3.20. The largest absolute Gasteiger partial charge is 0.0955 e. The van der Waals surface area contributed by atoms with Crippen molar-refractivity contribution in [3.63, 3.8) is 0 Å². The first-order chi connectivity index (χ1) is 8.03. The molecule has 0 nitrogen and oxygen atoms in total. The van der Waals surface area contributed by atoms with Gasteiger partial charge in [0.25, 0.3) is 0 Å². The van der Waals surface area contributed by atoms with Crippen LogP contribution in [0.15, 0.2) is 30.8 Å². The van der Waals surface area contributed by atoms with Crippen molar-refractivity contribution in [1.82, 2.24) is 0 Å². The van der Waals surface area contributed by atoms with Crippen molar-refractivity contribution in [3.8, 4) is 0 Å². The van der Waals surface area contributed by atoms with Crippen molar-refractivity contribution in [2.24, 2.45) is 0 Å². The van der Waals surface area contributed by atoms with Crippen LogP contribution in [0.3, 0.4) is 0 Å². The van der Waals surface area contributed by atoms with E-state index in [2.05, 4.69) is 77.1 Å². The van der Waals surface area contributed by atoms with E-state index in [-0.39, 0.29) is 0 Å². The number of hydrogen-bond donors (Lipinski definition) is 0. The zero-order valence-corrected chi connectivity index (χ0v) is 15.1. The maximum absolute atomic E-state index is 4.01. The van der Waals surface area contributed by atoms with E-state index >= 15 is 0 Å². The van der Waals surface area contributed by atoms with Crippen LogP contribution in [0.5, 0.6) is 0 Å². The molecule has 0 aliphatic rings. The average molecular weight is 277 g/mol. The molecule has 1 aromatic carbocycles. The number of allylic oxidation sites excluding steroid dienone is 1. The van der Waals surface area contributed by atoms with E-state index < -0.39 is 16.1 Å². The zero-order valence-electron chi connectivity index (χ0n) is 13.1. The SMILES string of the molecule is C=C(C)c1ccc(C([Si](C)(C)C)[Si](C)(C)C)cc1. The van der Waals surface area contributed by atoms with Gasteiger partial charge in [0, 0.05) is 16.1 Å². The molecular weight excluding hydrogens is 248 g/mol. The summed E-state index contributed by atoms with van der Waals surface area (Å²) in [7, 11) is -2.34. The molecule has 0 unspecified atom stereocenters. The predicted octanol–water partition coefficient (Wildman–Crippen LogP) is 5.56. The van der Waals surface area contributed by atoms with Gasteiger partial charge in [-0.05, 0) is 17.7 Å². The molecule has 0 aliphatic carbocycles. The molecule has 0 amide bonds. The molecule has 0 fully saturated rings. The summed E-state index contributed by atoms with van der Waals surface area (Å²) in [4.78, 5) is 0. The lowest BCUT2D eigenvalue weighted by Crippen LogP contribution is -2.46. The molecular formula is C16H28Si2. The monoisotopic (exact) mass is 276 g/mol. The maximum Gasteiger partial charge on any atom is 0.0493 e. The highest BCUT2D eigenvalue weighted by Crippen LogP contribution is 2.35. The minimum absolute atomic E-state index is 0.823. The maximum atomic E-state index is 4.01. The van der Waals surface area contributed by atoms with E-state index in [1.807, 2.05) is 0 Å². The molecule has 0 saturated carbocycles. The minimum Gasteiger partial charge on any atom is -0.0955 e. The van der Waals surface area contributed by atoms with Gasteiger partial charge in [0.05, 0.1) is 0 Å². The van der Waals surface area contributed by atoms with Crippen molar-refractivity contribution in [2.75, 3.05) is 0 Å². The van der Waals surface area contributed by atoms with Gasteiger partial charge in [-0.1, -0.05) is 81.3 Å². The van der Waals surface area contributed by atoms with E-state index in [1.54, 1.807) is 5.56 Å². The third kappa shape index (κ3) is 3.69. The summed E-state index contributed by atoms with van der Waals surface area (Å²) in [5.74, 6) is 0. The van der Waals surface area contributed by atoms with Gasteiger partial charge in [0.2, 0.25) is 0 Å². The third-order valence-corrected chi connectivity index (χ3v) is 12.8. The Labute approximate surface area is 115 Å². The molecule has 0 aliphatic heterocycles. The summed E-state index contributed by atoms with van der Waals surface area (Å²) in [5, 5.41) is 0.823. The number of rotatable bonds is 4. The predicted molar refractivity (Wildman–Crippen MR) is 90.6 cm³/mol. The van der Waals surface area contributed by atoms with E-state index in [9.17, 15) is 0 Å². The van der Waals surface area contributed by atoms with Crippen LogP contribution in [0, 0.1) is 0 Å². The first-order valence-electron chi connectivity index (χ1n) is 6.79. The summed E-state index contributed by atoms with van der Waals surface area (Å²) in [6.07, 6.45) is 0. The fourth-order valence-electron chi connectivity index (χ4n) is 3.26. The van der Waals surface area contributed by atoms with Crippen LogP contribution >= 0.6 is 0 Å². The Hall–Kier alpha value is -0.606. The normalized spacial score (nSPS) is 12.9. The molecule has 0 heterocycles. The molecule has 0 saturated heterocycles. The van der Waals surface area contributed by atoms with Gasteiger partial charge < -0.3 is 0 Å². The van der Waals surface area contributed by atoms with Gasteiger partial charge in [-0.2, -0.15) is 0 Å². The first-order valence-corrected chi connectivity index (χ1v) is 13.9. The fraction of sp³-hybridized carbons (Fsp3) is 0.500. The van der Waals surface area contributed by atoms with Gasteiger partial charge in [0.15, 0.2) is 0 Å². The third-order valence-electron chi connectivity index (χ3n) is 3.47. The van der Waals surface area contributed by atoms with E-state index in [1.165, 1.54) is 5.56 Å². The van der Waals surface area contributed by atoms with Crippen LogP contribution in [0.4, 0.5) is 0 Å². The summed E-state index contributed by atoms with van der Waals surface area (Å²) < 4.78 is 0. The molecule has 0 bridgehead atoms. The lowest BCUT2D eigenvalue weighted by Gasteiger charge is -2.39. The van der Waals surface area contributed by atoms with Gasteiger partial charge in [-0.25, -0.2) is 0 Å². The quantitative estimate of drug-likeness (QED) is 0.632. The van der Waals surface area contributed by atoms with Gasteiger partial charge in [-0.3, -0.25) is 0 Å². The molecule has 18 heavy (non-hydrogen) atoms. The van der Waals surface area contributed by atoms with E-state index in [0.717, 1.165) is 10.7 Å². The molecule has 100 valence electrons. The molecule has 0 radical (unpaired) electrons. The Morgan fingerprint density at radius 2 is 1.28 bits per heavy atom. The molecule has 0 N–H and O–H groups in total. The molecule has 2 heteroatoms. The second-order valence-corrected chi connectivity index (χ2v) is 18.8. The van der Waals surface area contributed by atoms with Gasteiger partial charge in [-0.15, -0.1) is 0 Å². The molecule has 0 spiro atoms. The van der Waals surface area contributed by atoms with E-state index in [4.69, 9.17) is 0 Å². The topological polar surface area (TPSA) is 0 Å². The number of benzene rings is 1. The summed E-state index contributed by atoms with van der Waals surface area (Å²) >= 11 is 0. The van der Waals surface area contributed by atoms with Crippen molar-refractivity contribution in [2.45, 2.75) is 51.4 Å². The molecule has 1 rings (SSSR count). The standard InChI is InChI=1S/C16H28Si2/c1-13(2)14-9-11-15(12-10-14)16(17(3,4)5)18(6,7)8/h9-12,16H,1H2,2-8H3. The van der Waals surface area contributed by atoms with Crippen molar-refractivity contribution in [1.29, 1.82) is 0 Å². The smallest absolute Gasteiger partial charge is 0.0493 e. The Morgan fingerprint density at radius 3 is 1.56 bits per heavy atom. The summed E-state index contributed by atoms with van der Waals surface area (Å²) in [5.41, 5.74) is 3.97. The second kappa shape index (κ2) is 5.18. The Morgan fingerprint density at radius 1 is 0.889 bits per heavy atom. The lowest BCUT2D eigenvalue weighted by molar-refractivity contribution is 1.18.